The van der Waals surface area contributed by atoms with Gasteiger partial charge in [-0.1, -0.05) is 12.1 Å². The minimum Gasteiger partial charge on any atom is -0.497 e. The number of carbonyl (C=O) groups excluding carboxylic acids is 1. The Kier molecular flexibility index (Phi) is 3.52. The summed E-state index contributed by atoms with van der Waals surface area (Å²) in [6.07, 6.45) is 1.30. The Hall–Kier alpha value is -2.43. The average Bonchev–Trinajstić information content (AvgIpc) is 2.46. The van der Waals surface area contributed by atoms with Crippen LogP contribution in [0.25, 0.3) is 0 Å². The van der Waals surface area contributed by atoms with Crippen molar-refractivity contribution in [2.45, 2.75) is 0 Å². The first-order chi connectivity index (χ1) is 8.74. The van der Waals surface area contributed by atoms with Gasteiger partial charge in [0.2, 0.25) is 11.7 Å². The topological polar surface area (TPSA) is 61.3 Å². The van der Waals surface area contributed by atoms with E-state index in [-0.39, 0.29) is 11.5 Å². The number of aromatic nitrogens is 2. The van der Waals surface area contributed by atoms with Gasteiger partial charge in [0.25, 0.3) is 0 Å². The molecule has 2 aromatic rings. The van der Waals surface area contributed by atoms with Crippen LogP contribution in [0.5, 0.6) is 11.6 Å². The third kappa shape index (κ3) is 2.45. The van der Waals surface area contributed by atoms with Crippen LogP contribution in [-0.4, -0.2) is 30.0 Å². The third-order valence-electron chi connectivity index (χ3n) is 2.42. The van der Waals surface area contributed by atoms with E-state index in [0.29, 0.717) is 17.2 Å². The Balaban J connectivity index is 2.34. The van der Waals surface area contributed by atoms with Crippen LogP contribution in [0.4, 0.5) is 0 Å². The van der Waals surface area contributed by atoms with Crippen LogP contribution in [0, 0.1) is 0 Å². The van der Waals surface area contributed by atoms with E-state index in [1.54, 1.807) is 31.4 Å². The lowest BCUT2D eigenvalue weighted by Gasteiger charge is -2.04. The zero-order valence-corrected chi connectivity index (χ0v) is 10.1. The lowest BCUT2D eigenvalue weighted by atomic mass is 10.1. The molecule has 0 bridgehead atoms. The molecular weight excluding hydrogens is 232 g/mol. The summed E-state index contributed by atoms with van der Waals surface area (Å²) >= 11 is 0. The molecule has 0 aliphatic heterocycles. The van der Waals surface area contributed by atoms with Crippen molar-refractivity contribution in [1.29, 1.82) is 0 Å². The van der Waals surface area contributed by atoms with E-state index >= 15 is 0 Å². The van der Waals surface area contributed by atoms with Gasteiger partial charge < -0.3 is 9.47 Å². The average molecular weight is 244 g/mol. The van der Waals surface area contributed by atoms with E-state index in [1.165, 1.54) is 19.5 Å². The van der Waals surface area contributed by atoms with Crippen LogP contribution >= 0.6 is 0 Å². The van der Waals surface area contributed by atoms with Crippen molar-refractivity contribution in [3.8, 4) is 11.6 Å². The van der Waals surface area contributed by atoms with Crippen molar-refractivity contribution in [3.05, 3.63) is 47.9 Å². The minimum absolute atomic E-state index is 0.199. The Morgan fingerprint density at radius 2 is 1.94 bits per heavy atom. The molecule has 2 rings (SSSR count). The number of benzene rings is 1. The van der Waals surface area contributed by atoms with Gasteiger partial charge in [-0.15, -0.1) is 0 Å². The van der Waals surface area contributed by atoms with Gasteiger partial charge >= 0.3 is 0 Å². The highest BCUT2D eigenvalue weighted by Crippen LogP contribution is 2.16. The summed E-state index contributed by atoms with van der Waals surface area (Å²) in [6, 6.07) is 8.40. The van der Waals surface area contributed by atoms with Gasteiger partial charge in [-0.25, -0.2) is 9.97 Å². The predicted octanol–water partition coefficient (Wildman–Crippen LogP) is 1.72. The zero-order chi connectivity index (χ0) is 13.0. The lowest BCUT2D eigenvalue weighted by Crippen LogP contribution is -2.05. The quantitative estimate of drug-likeness (QED) is 0.766. The number of ketones is 1. The van der Waals surface area contributed by atoms with E-state index in [2.05, 4.69) is 9.97 Å². The molecule has 0 aliphatic carbocycles. The highest BCUT2D eigenvalue weighted by Gasteiger charge is 2.12. The molecule has 18 heavy (non-hydrogen) atoms. The summed E-state index contributed by atoms with van der Waals surface area (Å²) in [5.74, 6) is 0.785. The smallest absolute Gasteiger partial charge is 0.216 e. The predicted molar refractivity (Wildman–Crippen MR) is 65.0 cm³/mol. The summed E-state index contributed by atoms with van der Waals surface area (Å²) in [6.45, 7) is 0. The van der Waals surface area contributed by atoms with Gasteiger partial charge in [0.15, 0.2) is 0 Å². The Labute approximate surface area is 104 Å². The highest BCUT2D eigenvalue weighted by atomic mass is 16.5. The highest BCUT2D eigenvalue weighted by molar-refractivity contribution is 6.07. The summed E-state index contributed by atoms with van der Waals surface area (Å²) < 4.78 is 10.0. The molecular formula is C13H12N2O3. The van der Waals surface area contributed by atoms with E-state index in [9.17, 15) is 4.79 Å². The van der Waals surface area contributed by atoms with Gasteiger partial charge in [-0.2, -0.15) is 0 Å². The Morgan fingerprint density at radius 1 is 1.11 bits per heavy atom. The summed E-state index contributed by atoms with van der Waals surface area (Å²) in [5, 5.41) is 0. The van der Waals surface area contributed by atoms with E-state index in [4.69, 9.17) is 9.47 Å². The van der Waals surface area contributed by atoms with Crippen LogP contribution in [0.2, 0.25) is 0 Å². The molecule has 0 saturated heterocycles. The molecule has 5 nitrogen and oxygen atoms in total. The van der Waals surface area contributed by atoms with Crippen molar-refractivity contribution in [2.24, 2.45) is 0 Å². The second-order valence-electron chi connectivity index (χ2n) is 3.51. The molecule has 0 fully saturated rings. The van der Waals surface area contributed by atoms with Crippen LogP contribution in [0.15, 0.2) is 36.7 Å². The summed E-state index contributed by atoms with van der Waals surface area (Å²) in [7, 11) is 3.04. The Morgan fingerprint density at radius 3 is 2.67 bits per heavy atom. The number of ether oxygens (including phenoxy) is 2. The zero-order valence-electron chi connectivity index (χ0n) is 10.1. The van der Waals surface area contributed by atoms with Crippen LogP contribution in [-0.2, 0) is 0 Å². The number of nitrogens with zero attached hydrogens (tertiary/aromatic N) is 2. The number of rotatable bonds is 4. The van der Waals surface area contributed by atoms with Crippen molar-refractivity contribution in [1.82, 2.24) is 9.97 Å². The molecule has 1 heterocycles. The van der Waals surface area contributed by atoms with Crippen molar-refractivity contribution >= 4 is 5.78 Å². The second kappa shape index (κ2) is 5.27. The molecule has 0 unspecified atom stereocenters. The maximum atomic E-state index is 12.2. The van der Waals surface area contributed by atoms with Crippen molar-refractivity contribution in [3.63, 3.8) is 0 Å². The largest absolute Gasteiger partial charge is 0.497 e. The van der Waals surface area contributed by atoms with E-state index in [1.807, 2.05) is 0 Å². The number of hydrogen-bond donors (Lipinski definition) is 0. The normalized spacial score (nSPS) is 9.89. The molecule has 0 spiro atoms. The molecule has 0 aliphatic rings. The fourth-order valence-electron chi connectivity index (χ4n) is 1.49. The molecule has 0 amide bonds. The molecule has 92 valence electrons. The fraction of sp³-hybridized carbons (Fsp3) is 0.154. The van der Waals surface area contributed by atoms with Crippen LogP contribution in [0.3, 0.4) is 0 Å². The molecule has 0 radical (unpaired) electrons. The van der Waals surface area contributed by atoms with Crippen LogP contribution in [0.1, 0.15) is 16.1 Å². The molecule has 5 heteroatoms. The van der Waals surface area contributed by atoms with Crippen LogP contribution < -0.4 is 9.47 Å². The first kappa shape index (κ1) is 12.0. The lowest BCUT2D eigenvalue weighted by molar-refractivity contribution is 0.103. The minimum atomic E-state index is -0.199. The van der Waals surface area contributed by atoms with E-state index in [0.717, 1.165) is 0 Å². The van der Waals surface area contributed by atoms with Gasteiger partial charge in [-0.05, 0) is 12.1 Å². The molecule has 0 atom stereocenters. The standard InChI is InChI=1S/C13H12N2O3/c1-17-10-5-3-4-9(6-10)13(16)11-7-12(18-2)15-8-14-11/h3-8H,1-2H3. The van der Waals surface area contributed by atoms with Crippen molar-refractivity contribution in [2.75, 3.05) is 14.2 Å². The fourth-order valence-corrected chi connectivity index (χ4v) is 1.49. The van der Waals surface area contributed by atoms with Gasteiger partial charge in [-0.3, -0.25) is 4.79 Å². The monoisotopic (exact) mass is 244 g/mol. The number of methoxy groups -OCH3 is 2. The number of carbonyl (C=O) groups is 1. The molecule has 1 aromatic carbocycles. The second-order valence-corrected chi connectivity index (χ2v) is 3.51. The molecule has 0 N–H and O–H groups in total. The third-order valence-corrected chi connectivity index (χ3v) is 2.42. The van der Waals surface area contributed by atoms with Crippen molar-refractivity contribution < 1.29 is 14.3 Å². The van der Waals surface area contributed by atoms with Gasteiger partial charge in [0.05, 0.1) is 14.2 Å². The number of hydrogen-bond acceptors (Lipinski definition) is 5. The molecule has 1 aromatic heterocycles. The SMILES string of the molecule is COc1cccc(C(=O)c2cc(OC)ncn2)c1. The van der Waals surface area contributed by atoms with E-state index < -0.39 is 0 Å². The maximum absolute atomic E-state index is 12.2. The Bertz CT molecular complexity index is 520. The first-order valence-corrected chi connectivity index (χ1v) is 5.29. The molecule has 0 saturated carbocycles. The summed E-state index contributed by atoms with van der Waals surface area (Å²) in [4.78, 5) is 20.0. The van der Waals surface area contributed by atoms with Gasteiger partial charge in [0, 0.05) is 11.6 Å². The maximum Gasteiger partial charge on any atom is 0.216 e. The van der Waals surface area contributed by atoms with Gasteiger partial charge in [0.1, 0.15) is 17.8 Å². The summed E-state index contributed by atoms with van der Waals surface area (Å²) in [5.41, 5.74) is 0.796. The first-order valence-electron chi connectivity index (χ1n) is 5.29.